The van der Waals surface area contributed by atoms with E-state index in [1.54, 1.807) is 13.8 Å². The Morgan fingerprint density at radius 2 is 1.81 bits per heavy atom. The first-order valence-electron chi connectivity index (χ1n) is 5.77. The third-order valence-corrected chi connectivity index (χ3v) is 3.79. The van der Waals surface area contributed by atoms with Gasteiger partial charge < -0.3 is 13.8 Å². The molecule has 0 heterocycles. The third kappa shape index (κ3) is 12.2. The number of rotatable bonds is 10. The average Bonchev–Trinajstić information content (AvgIpc) is 2.31. The molecule has 0 bridgehead atoms. The Kier molecular flexibility index (Phi) is 13.5. The van der Waals surface area contributed by atoms with Gasteiger partial charge in [-0.25, -0.2) is 17.8 Å². The molecule has 0 rings (SSSR count). The molecule has 0 aromatic carbocycles. The smallest absolute Gasteiger partial charge is 0.726 e. The van der Waals surface area contributed by atoms with Crippen molar-refractivity contribution in [3.8, 4) is 0 Å². The van der Waals surface area contributed by atoms with Crippen LogP contribution in [0.4, 0.5) is 4.79 Å². The van der Waals surface area contributed by atoms with Crippen LogP contribution in [0.5, 0.6) is 0 Å². The summed E-state index contributed by atoms with van der Waals surface area (Å²) < 4.78 is 60.6. The minimum Gasteiger partial charge on any atom is -0.726 e. The third-order valence-electron chi connectivity index (χ3n) is 1.64. The van der Waals surface area contributed by atoms with E-state index in [1.165, 1.54) is 6.92 Å². The van der Waals surface area contributed by atoms with Gasteiger partial charge >= 0.3 is 64.7 Å². The van der Waals surface area contributed by atoms with Gasteiger partial charge in [0, 0.05) is 0 Å². The first-order chi connectivity index (χ1) is 9.10. The predicted octanol–water partition coefficient (Wildman–Crippen LogP) is -1.49. The first kappa shape index (κ1) is 24.4. The Labute approximate surface area is 166 Å². The van der Waals surface area contributed by atoms with Crippen molar-refractivity contribution in [1.29, 1.82) is 0 Å². The second-order valence-electron chi connectivity index (χ2n) is 3.95. The molecule has 0 saturated carbocycles. The van der Waals surface area contributed by atoms with Crippen LogP contribution in [0, 0.1) is 5.92 Å². The molecular formula is C9H18KO9PS. The van der Waals surface area contributed by atoms with Gasteiger partial charge in [-0.15, -0.1) is 0 Å². The van der Waals surface area contributed by atoms with Gasteiger partial charge in [-0.05, 0) is 12.8 Å². The van der Waals surface area contributed by atoms with Gasteiger partial charge in [0.05, 0.1) is 26.4 Å². The van der Waals surface area contributed by atoms with E-state index >= 15 is 0 Å². The Balaban J connectivity index is 0. The van der Waals surface area contributed by atoms with E-state index in [0.717, 1.165) is 0 Å². The van der Waals surface area contributed by atoms with E-state index < -0.39 is 36.9 Å². The Hall–Kier alpha value is 1.13. The van der Waals surface area contributed by atoms with E-state index in [2.05, 4.69) is 8.71 Å². The van der Waals surface area contributed by atoms with Gasteiger partial charge in [0.1, 0.15) is 0 Å². The van der Waals surface area contributed by atoms with Crippen LogP contribution >= 0.6 is 7.60 Å². The van der Waals surface area contributed by atoms with Crippen molar-refractivity contribution in [3.05, 3.63) is 0 Å². The number of hydrogen-bond acceptors (Lipinski definition) is 9. The van der Waals surface area contributed by atoms with E-state index in [4.69, 9.17) is 9.26 Å². The van der Waals surface area contributed by atoms with Crippen LogP contribution in [-0.2, 0) is 32.9 Å². The van der Waals surface area contributed by atoms with Crippen LogP contribution in [0.1, 0.15) is 20.8 Å². The van der Waals surface area contributed by atoms with Crippen LogP contribution in [0.15, 0.2) is 0 Å². The molecule has 1 atom stereocenters. The summed E-state index contributed by atoms with van der Waals surface area (Å²) in [7, 11) is -9.06. The summed E-state index contributed by atoms with van der Waals surface area (Å²) in [4.78, 5) is 11.6. The molecule has 0 fully saturated rings. The molecule has 0 aromatic heterocycles. The molecule has 21 heavy (non-hydrogen) atoms. The summed E-state index contributed by atoms with van der Waals surface area (Å²) in [5.74, 6) is 0.0305. The van der Waals surface area contributed by atoms with Crippen molar-refractivity contribution in [1.82, 2.24) is 0 Å². The molecule has 0 saturated heterocycles. The molecule has 0 radical (unpaired) electrons. The van der Waals surface area contributed by atoms with Crippen molar-refractivity contribution in [2.45, 2.75) is 20.8 Å². The Morgan fingerprint density at radius 1 is 1.24 bits per heavy atom. The van der Waals surface area contributed by atoms with Crippen molar-refractivity contribution in [2.24, 2.45) is 5.92 Å². The summed E-state index contributed by atoms with van der Waals surface area (Å²) >= 11 is 0. The molecule has 9 nitrogen and oxygen atoms in total. The topological polar surface area (TPSA) is 128 Å². The number of ether oxygens (including phenoxy) is 1. The summed E-state index contributed by atoms with van der Waals surface area (Å²) in [6.07, 6.45) is 0. The minimum atomic E-state index is -4.87. The second kappa shape index (κ2) is 11.6. The quantitative estimate of drug-likeness (QED) is 0.148. The fourth-order valence-electron chi connectivity index (χ4n) is 0.923. The SMILES string of the molecule is CCOP(=O)(OCCOS(=O)(=O)[O-])C(=O)OCC(C)C.[K+]. The zero-order chi connectivity index (χ0) is 15.8. The number of carbonyl (C=O) groups is 1. The summed E-state index contributed by atoms with van der Waals surface area (Å²) in [5, 5.41) is 0. The van der Waals surface area contributed by atoms with Gasteiger partial charge in [-0.2, -0.15) is 0 Å². The van der Waals surface area contributed by atoms with Crippen LogP contribution in [0.3, 0.4) is 0 Å². The molecular weight excluding hydrogens is 354 g/mol. The average molecular weight is 372 g/mol. The summed E-state index contributed by atoms with van der Waals surface area (Å²) in [6, 6.07) is 0. The maximum atomic E-state index is 12.0. The summed E-state index contributed by atoms with van der Waals surface area (Å²) in [5.41, 5.74) is -1.17. The molecule has 0 N–H and O–H groups in total. The largest absolute Gasteiger partial charge is 1.00 e. The Morgan fingerprint density at radius 3 is 2.24 bits per heavy atom. The van der Waals surface area contributed by atoms with Crippen molar-refractivity contribution in [2.75, 3.05) is 26.4 Å². The molecule has 1 unspecified atom stereocenters. The standard InChI is InChI=1S/C9H19O9PS.K/c1-4-16-19(11,9(10)15-7-8(2)3)17-5-6-18-20(12,13)14;/h8H,4-7H2,1-3H3,(H,12,13,14);/q;+1/p-1. The molecule has 0 aliphatic rings. The van der Waals surface area contributed by atoms with Crippen LogP contribution in [0.25, 0.3) is 0 Å². The van der Waals surface area contributed by atoms with Crippen molar-refractivity contribution in [3.63, 3.8) is 0 Å². The minimum absolute atomic E-state index is 0. The second-order valence-corrected chi connectivity index (χ2v) is 6.88. The zero-order valence-electron chi connectivity index (χ0n) is 12.4. The van der Waals surface area contributed by atoms with Crippen LogP contribution < -0.4 is 51.4 Å². The predicted molar refractivity (Wildman–Crippen MR) is 67.0 cm³/mol. The monoisotopic (exact) mass is 372 g/mol. The molecule has 0 aliphatic heterocycles. The first-order valence-corrected chi connectivity index (χ1v) is 8.65. The molecule has 0 aromatic rings. The number of hydrogen-bond donors (Lipinski definition) is 0. The maximum absolute atomic E-state index is 12.0. The van der Waals surface area contributed by atoms with Gasteiger partial charge in [0.15, 0.2) is 0 Å². The molecule has 0 amide bonds. The fraction of sp³-hybridized carbons (Fsp3) is 0.889. The molecule has 0 spiro atoms. The van der Waals surface area contributed by atoms with Crippen LogP contribution in [-0.4, -0.2) is 45.1 Å². The molecule has 120 valence electrons. The van der Waals surface area contributed by atoms with Gasteiger partial charge in [0.25, 0.3) is 0 Å². The van der Waals surface area contributed by atoms with Crippen molar-refractivity contribution < 1.29 is 91.7 Å². The number of carbonyl (C=O) groups excluding carboxylic acids is 1. The van der Waals surface area contributed by atoms with Gasteiger partial charge in [-0.1, -0.05) is 13.8 Å². The van der Waals surface area contributed by atoms with Crippen LogP contribution in [0.2, 0.25) is 0 Å². The zero-order valence-corrected chi connectivity index (χ0v) is 17.3. The normalized spacial score (nSPS) is 14.3. The van der Waals surface area contributed by atoms with Crippen molar-refractivity contribution >= 4 is 23.7 Å². The molecule has 12 heteroatoms. The van der Waals surface area contributed by atoms with E-state index in [9.17, 15) is 22.3 Å². The molecule has 0 aliphatic carbocycles. The maximum Gasteiger partial charge on any atom is 1.00 e. The summed E-state index contributed by atoms with van der Waals surface area (Å²) in [6.45, 7) is 3.76. The van der Waals surface area contributed by atoms with E-state index in [0.29, 0.717) is 0 Å². The van der Waals surface area contributed by atoms with Gasteiger partial charge in [-0.3, -0.25) is 8.71 Å². The van der Waals surface area contributed by atoms with E-state index in [1.807, 2.05) is 0 Å². The fourth-order valence-corrected chi connectivity index (χ4v) is 2.37. The van der Waals surface area contributed by atoms with E-state index in [-0.39, 0.29) is 70.5 Å². The van der Waals surface area contributed by atoms with Gasteiger partial charge in [0.2, 0.25) is 10.4 Å². The Bertz CT molecular complexity index is 450.